The second-order valence-electron chi connectivity index (χ2n) is 18.5. The molecule has 0 aliphatic rings. The minimum Gasteiger partial charge on any atom is -0.423 e. The number of fused-ring (bicyclic) bond motifs is 14. The number of aryl methyl sites for hydroxylation is 2. The summed E-state index contributed by atoms with van der Waals surface area (Å²) in [5.74, 6) is -0.316. The lowest BCUT2D eigenvalue weighted by atomic mass is 9.95. The molecule has 0 aliphatic heterocycles. The van der Waals surface area contributed by atoms with Crippen molar-refractivity contribution < 1.29 is 23.5 Å². The number of hydrogen-bond donors (Lipinski definition) is 0. The molecule has 0 spiro atoms. The summed E-state index contributed by atoms with van der Waals surface area (Å²) in [6, 6.07) is 62.2. The number of esters is 2. The third-order valence-electron chi connectivity index (χ3n) is 13.9. The van der Waals surface area contributed by atoms with Gasteiger partial charge in [0.25, 0.3) is 0 Å². The van der Waals surface area contributed by atoms with E-state index in [0.717, 1.165) is 37.3 Å². The summed E-state index contributed by atoms with van der Waals surface area (Å²) < 4.78 is 31.2. The highest BCUT2D eigenvalue weighted by molar-refractivity contribution is 7.26. The minimum absolute atomic E-state index is 0.254. The standard InChI is InChI=1S/C33H25ClO2S.C33H25FO2S/c2*1-2-30(35)36-28-17-8-7-15-26(28)27(34)16-9-12-23-20-22-11-4-6-14-25(22)32-31-24-13-5-3-10-21(24)18-19-29(31)37-33(23)32/h2*2-8,10-11,13-15,17-20,27H,1,9,12,16H2. The van der Waals surface area contributed by atoms with Crippen molar-refractivity contribution in [2.75, 3.05) is 0 Å². The van der Waals surface area contributed by atoms with Crippen molar-refractivity contribution in [1.29, 1.82) is 0 Å². The van der Waals surface area contributed by atoms with Crippen molar-refractivity contribution in [3.8, 4) is 11.5 Å². The van der Waals surface area contributed by atoms with E-state index in [9.17, 15) is 9.59 Å². The first-order valence-corrected chi connectivity index (χ1v) is 27.0. The molecule has 0 saturated heterocycles. The van der Waals surface area contributed by atoms with E-state index in [1.165, 1.54) is 101 Å². The maximum absolute atomic E-state index is 15.3. The maximum Gasteiger partial charge on any atom is 0.335 e. The fourth-order valence-corrected chi connectivity index (χ4v) is 13.4. The molecule has 0 saturated carbocycles. The number of para-hydroxylation sites is 2. The number of benzene rings is 10. The molecule has 0 bridgehead atoms. The highest BCUT2D eigenvalue weighted by Gasteiger charge is 2.21. The SMILES string of the molecule is C=CC(=O)Oc1ccccc1C(Cl)CCCc1cc2ccccc2c2c1sc1ccc3ccccc3c12.C=CC(=O)Oc1ccccc1C(F)CCCc1cc2ccccc2c2c1sc1ccc3ccccc3c12. The van der Waals surface area contributed by atoms with Gasteiger partial charge in [-0.05, 0) is 129 Å². The Bertz CT molecular complexity index is 3870. The van der Waals surface area contributed by atoms with Gasteiger partial charge >= 0.3 is 11.9 Å². The minimum atomic E-state index is -1.23. The molecule has 0 fully saturated rings. The van der Waals surface area contributed by atoms with Crippen LogP contribution in [0.15, 0.2) is 207 Å². The number of alkyl halides is 2. The van der Waals surface area contributed by atoms with Crippen molar-refractivity contribution >= 4 is 130 Å². The van der Waals surface area contributed by atoms with Crippen LogP contribution in [-0.4, -0.2) is 11.9 Å². The lowest BCUT2D eigenvalue weighted by Crippen LogP contribution is -2.06. The Morgan fingerprint density at radius 2 is 0.878 bits per heavy atom. The van der Waals surface area contributed by atoms with Gasteiger partial charge in [-0.2, -0.15) is 0 Å². The number of ether oxygens (including phenoxy) is 2. The van der Waals surface area contributed by atoms with Crippen LogP contribution in [0.1, 0.15) is 59.5 Å². The van der Waals surface area contributed by atoms with E-state index in [2.05, 4.69) is 147 Å². The molecule has 0 N–H and O–H groups in total. The van der Waals surface area contributed by atoms with Crippen molar-refractivity contribution in [3.63, 3.8) is 0 Å². The maximum atomic E-state index is 15.3. The highest BCUT2D eigenvalue weighted by Crippen LogP contribution is 2.46. The van der Waals surface area contributed by atoms with E-state index in [0.29, 0.717) is 24.2 Å². The van der Waals surface area contributed by atoms with E-state index in [1.807, 2.05) is 40.9 Å². The number of halogens is 2. The first kappa shape index (κ1) is 48.6. The molecule has 12 rings (SSSR count). The fourth-order valence-electron chi connectivity index (χ4n) is 10.5. The third kappa shape index (κ3) is 9.55. The van der Waals surface area contributed by atoms with Crippen LogP contribution in [0.4, 0.5) is 4.39 Å². The van der Waals surface area contributed by atoms with Gasteiger partial charge in [-0.25, -0.2) is 14.0 Å². The van der Waals surface area contributed by atoms with Crippen molar-refractivity contribution in [2.45, 2.75) is 50.1 Å². The van der Waals surface area contributed by atoms with Gasteiger partial charge in [-0.1, -0.05) is 159 Å². The molecule has 0 amide bonds. The summed E-state index contributed by atoms with van der Waals surface area (Å²) in [6.07, 6.45) is 5.41. The quantitative estimate of drug-likeness (QED) is 0.0471. The predicted molar refractivity (Wildman–Crippen MR) is 312 cm³/mol. The first-order valence-electron chi connectivity index (χ1n) is 24.9. The van der Waals surface area contributed by atoms with Crippen LogP contribution in [0.3, 0.4) is 0 Å². The smallest absolute Gasteiger partial charge is 0.335 e. The summed E-state index contributed by atoms with van der Waals surface area (Å²) >= 11 is 10.5. The van der Waals surface area contributed by atoms with Gasteiger partial charge in [0.05, 0.1) is 5.38 Å². The average Bonchev–Trinajstić information content (AvgIpc) is 4.05. The average molecular weight is 1030 g/mol. The van der Waals surface area contributed by atoms with Gasteiger partial charge in [0.15, 0.2) is 0 Å². The van der Waals surface area contributed by atoms with Crippen LogP contribution < -0.4 is 9.47 Å². The van der Waals surface area contributed by atoms with E-state index >= 15 is 4.39 Å². The van der Waals surface area contributed by atoms with E-state index in [1.54, 1.807) is 30.3 Å². The van der Waals surface area contributed by atoms with Gasteiger partial charge < -0.3 is 9.47 Å². The monoisotopic (exact) mass is 1020 g/mol. The Morgan fingerprint density at radius 1 is 0.486 bits per heavy atom. The molecule has 2 heterocycles. The number of rotatable bonds is 14. The fraction of sp³-hybridized carbons (Fsp3) is 0.121. The largest absolute Gasteiger partial charge is 0.423 e. The summed E-state index contributed by atoms with van der Waals surface area (Å²) in [7, 11) is 0. The van der Waals surface area contributed by atoms with Crippen molar-refractivity contribution in [1.82, 2.24) is 0 Å². The lowest BCUT2D eigenvalue weighted by molar-refractivity contribution is -0.129. The van der Waals surface area contributed by atoms with Crippen LogP contribution in [0.25, 0.3) is 83.4 Å². The zero-order valence-electron chi connectivity index (χ0n) is 40.5. The lowest BCUT2D eigenvalue weighted by Gasteiger charge is -2.14. The predicted octanol–water partition coefficient (Wildman–Crippen LogP) is 19.2. The third-order valence-corrected chi connectivity index (χ3v) is 16.9. The molecule has 0 radical (unpaired) electrons. The molecule has 12 aromatic rings. The van der Waals surface area contributed by atoms with E-state index in [4.69, 9.17) is 21.1 Å². The molecule has 2 aromatic heterocycles. The van der Waals surface area contributed by atoms with Gasteiger partial charge in [-0.3, -0.25) is 0 Å². The number of carbonyl (C=O) groups excluding carboxylic acids is 2. The van der Waals surface area contributed by atoms with Crippen molar-refractivity contribution in [3.05, 3.63) is 230 Å². The molecule has 74 heavy (non-hydrogen) atoms. The summed E-state index contributed by atoms with van der Waals surface area (Å²) in [4.78, 5) is 23.4. The Kier molecular flexibility index (Phi) is 14.1. The second kappa shape index (κ2) is 21.4. The Hall–Kier alpha value is -7.68. The van der Waals surface area contributed by atoms with E-state index in [-0.39, 0.29) is 11.1 Å². The zero-order chi connectivity index (χ0) is 50.7. The Balaban J connectivity index is 0.000000159. The van der Waals surface area contributed by atoms with Gasteiger partial charge in [0, 0.05) is 63.6 Å². The topological polar surface area (TPSA) is 52.6 Å². The molecular formula is C66H50ClFO4S2. The molecule has 0 aliphatic carbocycles. The van der Waals surface area contributed by atoms with Gasteiger partial charge in [0.1, 0.15) is 17.7 Å². The normalized spacial score (nSPS) is 12.4. The van der Waals surface area contributed by atoms with E-state index < -0.39 is 18.1 Å². The first-order chi connectivity index (χ1) is 36.3. The van der Waals surface area contributed by atoms with Crippen LogP contribution in [0.5, 0.6) is 11.5 Å². The second-order valence-corrected chi connectivity index (χ2v) is 21.1. The van der Waals surface area contributed by atoms with Gasteiger partial charge in [0.2, 0.25) is 0 Å². The number of carbonyl (C=O) groups is 2. The van der Waals surface area contributed by atoms with Crippen LogP contribution >= 0.6 is 34.3 Å². The molecular weight excluding hydrogens is 975 g/mol. The molecule has 4 nitrogen and oxygen atoms in total. The highest BCUT2D eigenvalue weighted by atomic mass is 35.5. The molecule has 2 atom stereocenters. The summed E-state index contributed by atoms with van der Waals surface area (Å²) in [6.45, 7) is 6.91. The number of hydrogen-bond acceptors (Lipinski definition) is 6. The molecule has 2 unspecified atom stereocenters. The Morgan fingerprint density at radius 3 is 1.36 bits per heavy atom. The van der Waals surface area contributed by atoms with Crippen molar-refractivity contribution in [2.24, 2.45) is 0 Å². The summed E-state index contributed by atoms with van der Waals surface area (Å²) in [5, 5.41) is 15.2. The zero-order valence-corrected chi connectivity index (χ0v) is 42.9. The number of thiophene rings is 2. The van der Waals surface area contributed by atoms with Crippen LogP contribution in [0.2, 0.25) is 0 Å². The van der Waals surface area contributed by atoms with Gasteiger partial charge in [-0.15, -0.1) is 34.3 Å². The molecule has 8 heteroatoms. The van der Waals surface area contributed by atoms with Crippen LogP contribution in [0, 0.1) is 0 Å². The molecule has 10 aromatic carbocycles. The Labute approximate surface area is 441 Å². The van der Waals surface area contributed by atoms with Crippen LogP contribution in [-0.2, 0) is 22.4 Å². The molecule has 364 valence electrons. The summed E-state index contributed by atoms with van der Waals surface area (Å²) in [5.41, 5.74) is 3.83.